The third kappa shape index (κ3) is 4.34. The molecule has 2 N–H and O–H groups in total. The van der Waals surface area contributed by atoms with Gasteiger partial charge in [-0.1, -0.05) is 48.0 Å². The Hall–Kier alpha value is -3.32. The van der Waals surface area contributed by atoms with Crippen molar-refractivity contribution in [3.05, 3.63) is 89.5 Å². The van der Waals surface area contributed by atoms with E-state index in [4.69, 9.17) is 4.74 Å². The monoisotopic (exact) mass is 450 g/mol. The molecule has 0 heterocycles. The minimum absolute atomic E-state index is 0.0874. The number of aryl methyl sites for hydroxylation is 1. The summed E-state index contributed by atoms with van der Waals surface area (Å²) in [5, 5.41) is 3.14. The number of benzene rings is 3. The molecular weight excluding hydrogens is 424 g/mol. The number of amides is 1. The normalized spacial score (nSPS) is 14.8. The number of carbonyl (C=O) groups excluding carboxylic acids is 1. The zero-order chi connectivity index (χ0) is 22.8. The maximum Gasteiger partial charge on any atom is 0.265 e. The van der Waals surface area contributed by atoms with Crippen molar-refractivity contribution in [2.45, 2.75) is 36.6 Å². The van der Waals surface area contributed by atoms with Gasteiger partial charge in [0.25, 0.3) is 15.9 Å². The largest absolute Gasteiger partial charge is 0.495 e. The second-order valence-corrected chi connectivity index (χ2v) is 9.74. The number of ether oxygens (including phenoxy) is 1. The SMILES string of the molecule is COc1ccc(C(=O)NC2(c3ccccc3)CCC2)cc1S(=O)(=O)Nc1ccc(C)cc1. The molecule has 0 aromatic heterocycles. The van der Waals surface area contributed by atoms with Crippen LogP contribution in [-0.4, -0.2) is 21.4 Å². The molecular formula is C25H26N2O4S. The van der Waals surface area contributed by atoms with Crippen molar-refractivity contribution in [2.75, 3.05) is 11.8 Å². The molecule has 0 atom stereocenters. The van der Waals surface area contributed by atoms with E-state index in [0.29, 0.717) is 5.69 Å². The van der Waals surface area contributed by atoms with Crippen LogP contribution in [0.5, 0.6) is 5.75 Å². The van der Waals surface area contributed by atoms with Crippen LogP contribution in [0.15, 0.2) is 77.7 Å². The molecule has 1 saturated carbocycles. The highest BCUT2D eigenvalue weighted by atomic mass is 32.2. The third-order valence-corrected chi connectivity index (χ3v) is 7.31. The highest BCUT2D eigenvalue weighted by Gasteiger charge is 2.40. The van der Waals surface area contributed by atoms with Crippen LogP contribution in [0.25, 0.3) is 0 Å². The van der Waals surface area contributed by atoms with E-state index in [-0.39, 0.29) is 22.1 Å². The molecule has 0 saturated heterocycles. The topological polar surface area (TPSA) is 84.5 Å². The Morgan fingerprint density at radius 2 is 1.66 bits per heavy atom. The van der Waals surface area contributed by atoms with Gasteiger partial charge >= 0.3 is 0 Å². The van der Waals surface area contributed by atoms with Crippen molar-refractivity contribution in [1.29, 1.82) is 0 Å². The van der Waals surface area contributed by atoms with Crippen LogP contribution in [0.4, 0.5) is 5.69 Å². The highest BCUT2D eigenvalue weighted by Crippen LogP contribution is 2.41. The zero-order valence-electron chi connectivity index (χ0n) is 18.1. The summed E-state index contributed by atoms with van der Waals surface area (Å²) >= 11 is 0. The summed E-state index contributed by atoms with van der Waals surface area (Å²) in [7, 11) is -2.57. The number of carbonyl (C=O) groups is 1. The molecule has 1 aliphatic carbocycles. The Kier molecular flexibility index (Phi) is 5.93. The van der Waals surface area contributed by atoms with Crippen molar-refractivity contribution >= 4 is 21.6 Å². The summed E-state index contributed by atoms with van der Waals surface area (Å²) < 4.78 is 34.0. The van der Waals surface area contributed by atoms with E-state index in [2.05, 4.69) is 10.0 Å². The van der Waals surface area contributed by atoms with Crippen molar-refractivity contribution in [2.24, 2.45) is 0 Å². The summed E-state index contributed by atoms with van der Waals surface area (Å²) in [5.41, 5.74) is 2.36. The van der Waals surface area contributed by atoms with Gasteiger partial charge in [-0.3, -0.25) is 9.52 Å². The fourth-order valence-corrected chi connectivity index (χ4v) is 5.18. The molecule has 0 aliphatic heterocycles. The number of hydrogen-bond donors (Lipinski definition) is 2. The van der Waals surface area contributed by atoms with E-state index in [1.807, 2.05) is 49.4 Å². The molecule has 6 nitrogen and oxygen atoms in total. The first-order valence-corrected chi connectivity index (χ1v) is 12.0. The van der Waals surface area contributed by atoms with Crippen LogP contribution in [-0.2, 0) is 15.6 Å². The van der Waals surface area contributed by atoms with Crippen LogP contribution < -0.4 is 14.8 Å². The van der Waals surface area contributed by atoms with E-state index in [1.54, 1.807) is 18.2 Å². The minimum Gasteiger partial charge on any atom is -0.495 e. The van der Waals surface area contributed by atoms with Gasteiger partial charge in [-0.2, -0.15) is 0 Å². The predicted molar refractivity (Wildman–Crippen MR) is 124 cm³/mol. The summed E-state index contributed by atoms with van der Waals surface area (Å²) in [6.07, 6.45) is 2.72. The van der Waals surface area contributed by atoms with Gasteiger partial charge in [-0.15, -0.1) is 0 Å². The van der Waals surface area contributed by atoms with Gasteiger partial charge in [0.05, 0.1) is 12.6 Å². The molecule has 3 aromatic rings. The smallest absolute Gasteiger partial charge is 0.265 e. The predicted octanol–water partition coefficient (Wildman–Crippen LogP) is 4.61. The van der Waals surface area contributed by atoms with Gasteiger partial charge in [0.2, 0.25) is 0 Å². The molecule has 1 aliphatic rings. The first-order valence-electron chi connectivity index (χ1n) is 10.5. The highest BCUT2D eigenvalue weighted by molar-refractivity contribution is 7.92. The summed E-state index contributed by atoms with van der Waals surface area (Å²) in [4.78, 5) is 13.0. The number of sulfonamides is 1. The lowest BCUT2D eigenvalue weighted by Crippen LogP contribution is -2.50. The van der Waals surface area contributed by atoms with E-state index in [9.17, 15) is 13.2 Å². The Morgan fingerprint density at radius 3 is 2.25 bits per heavy atom. The fraction of sp³-hybridized carbons (Fsp3) is 0.240. The number of nitrogens with one attached hydrogen (secondary N) is 2. The lowest BCUT2D eigenvalue weighted by Gasteiger charge is -2.43. The second-order valence-electron chi connectivity index (χ2n) is 8.09. The van der Waals surface area contributed by atoms with Crippen molar-refractivity contribution < 1.29 is 17.9 Å². The Morgan fingerprint density at radius 1 is 0.969 bits per heavy atom. The average Bonchev–Trinajstić information content (AvgIpc) is 2.77. The van der Waals surface area contributed by atoms with Crippen LogP contribution in [0, 0.1) is 6.92 Å². The molecule has 1 fully saturated rings. The van der Waals surface area contributed by atoms with Crippen LogP contribution >= 0.6 is 0 Å². The van der Waals surface area contributed by atoms with Crippen molar-refractivity contribution in [3.8, 4) is 5.75 Å². The number of rotatable bonds is 7. The number of anilines is 1. The van der Waals surface area contributed by atoms with E-state index < -0.39 is 15.6 Å². The fourth-order valence-electron chi connectivity index (χ4n) is 3.92. The van der Waals surface area contributed by atoms with Crippen LogP contribution in [0.3, 0.4) is 0 Å². The first-order chi connectivity index (χ1) is 15.3. The maximum absolute atomic E-state index is 13.1. The summed E-state index contributed by atoms with van der Waals surface area (Å²) in [6, 6.07) is 21.3. The molecule has 7 heteroatoms. The molecule has 4 rings (SSSR count). The molecule has 0 bridgehead atoms. The molecule has 32 heavy (non-hydrogen) atoms. The van der Waals surface area contributed by atoms with Gasteiger partial charge < -0.3 is 10.1 Å². The summed E-state index contributed by atoms with van der Waals surface area (Å²) in [5.74, 6) is -0.148. The van der Waals surface area contributed by atoms with Gasteiger partial charge in [-0.25, -0.2) is 8.42 Å². The zero-order valence-corrected chi connectivity index (χ0v) is 18.9. The molecule has 3 aromatic carbocycles. The number of hydrogen-bond acceptors (Lipinski definition) is 4. The van der Waals surface area contributed by atoms with Gasteiger partial charge in [0.1, 0.15) is 10.6 Å². The molecule has 166 valence electrons. The standard InChI is InChI=1S/C25H26N2O4S/c1-18-9-12-21(13-10-18)27-32(29,30)23-17-19(11-14-22(23)31-2)24(28)26-25(15-6-16-25)20-7-4-3-5-8-20/h3-5,7-14,17,27H,6,15-16H2,1-2H3,(H,26,28). The third-order valence-electron chi connectivity index (χ3n) is 5.91. The molecule has 1 amide bonds. The van der Waals surface area contributed by atoms with Gasteiger partial charge in [-0.05, 0) is 62.1 Å². The van der Waals surface area contributed by atoms with E-state index in [1.165, 1.54) is 19.2 Å². The minimum atomic E-state index is -3.97. The molecule has 0 radical (unpaired) electrons. The van der Waals surface area contributed by atoms with E-state index >= 15 is 0 Å². The second kappa shape index (κ2) is 8.67. The molecule has 0 spiro atoms. The maximum atomic E-state index is 13.1. The number of methoxy groups -OCH3 is 1. The lowest BCUT2D eigenvalue weighted by molar-refractivity contribution is 0.0823. The Bertz CT molecular complexity index is 1220. The molecule has 0 unspecified atom stereocenters. The van der Waals surface area contributed by atoms with Crippen molar-refractivity contribution in [3.63, 3.8) is 0 Å². The quantitative estimate of drug-likeness (QED) is 0.550. The Balaban J connectivity index is 1.63. The van der Waals surface area contributed by atoms with Crippen LogP contribution in [0.1, 0.15) is 40.7 Å². The van der Waals surface area contributed by atoms with Gasteiger partial charge in [0, 0.05) is 11.3 Å². The lowest BCUT2D eigenvalue weighted by atomic mass is 9.71. The summed E-state index contributed by atoms with van der Waals surface area (Å²) in [6.45, 7) is 1.92. The Labute approximate surface area is 188 Å². The average molecular weight is 451 g/mol. The van der Waals surface area contributed by atoms with Gasteiger partial charge in [0.15, 0.2) is 0 Å². The van der Waals surface area contributed by atoms with Crippen LogP contribution in [0.2, 0.25) is 0 Å². The first kappa shape index (κ1) is 21.9. The van der Waals surface area contributed by atoms with E-state index in [0.717, 1.165) is 30.4 Å². The van der Waals surface area contributed by atoms with Crippen molar-refractivity contribution in [1.82, 2.24) is 5.32 Å².